The molecule has 1 aliphatic carbocycles. The van der Waals surface area contributed by atoms with Gasteiger partial charge in [0.1, 0.15) is 0 Å². The van der Waals surface area contributed by atoms with E-state index in [9.17, 15) is 19.5 Å². The standard InChI is InChI=1S/C19H24O7/c1-17(2)18(3)11(8-19(17,15(21)22)26-16(18)23)10-7-9-5-6-12(25-9)13(10)14(20)24-4/h9,11-12H,5-8H2,1-4H3,(H,21,22)/t9?,11?,12-,18?,19?/m1/s1. The molecule has 1 N–H and O–H groups in total. The fourth-order valence-electron chi connectivity index (χ4n) is 5.64. The Balaban J connectivity index is 1.89. The first-order valence-electron chi connectivity index (χ1n) is 9.03. The van der Waals surface area contributed by atoms with Gasteiger partial charge in [0.2, 0.25) is 5.60 Å². The molecule has 3 fully saturated rings. The Bertz CT molecular complexity index is 751. The zero-order chi connectivity index (χ0) is 19.1. The number of methoxy groups -OCH3 is 1. The smallest absolute Gasteiger partial charge is 0.348 e. The first-order valence-corrected chi connectivity index (χ1v) is 9.03. The Hall–Kier alpha value is -1.89. The first-order chi connectivity index (χ1) is 12.1. The molecule has 4 unspecified atom stereocenters. The van der Waals surface area contributed by atoms with E-state index < -0.39 is 34.3 Å². The van der Waals surface area contributed by atoms with Crippen molar-refractivity contribution in [2.75, 3.05) is 7.11 Å². The Morgan fingerprint density at radius 1 is 1.23 bits per heavy atom. The Kier molecular flexibility index (Phi) is 3.43. The van der Waals surface area contributed by atoms with Gasteiger partial charge >= 0.3 is 17.9 Å². The number of carbonyl (C=O) groups excluding carboxylic acids is 2. The largest absolute Gasteiger partial charge is 0.478 e. The number of hydrogen-bond acceptors (Lipinski definition) is 6. The lowest BCUT2D eigenvalue weighted by Crippen LogP contribution is -2.47. The van der Waals surface area contributed by atoms with Crippen LogP contribution in [0.3, 0.4) is 0 Å². The van der Waals surface area contributed by atoms with Crippen molar-refractivity contribution in [1.82, 2.24) is 0 Å². The number of fused-ring (bicyclic) bond motifs is 4. The molecule has 26 heavy (non-hydrogen) atoms. The van der Waals surface area contributed by atoms with Gasteiger partial charge in [-0.1, -0.05) is 19.4 Å². The van der Waals surface area contributed by atoms with Gasteiger partial charge in [0, 0.05) is 17.8 Å². The van der Waals surface area contributed by atoms with Crippen LogP contribution < -0.4 is 0 Å². The van der Waals surface area contributed by atoms with E-state index >= 15 is 0 Å². The molecule has 0 spiro atoms. The Morgan fingerprint density at radius 2 is 1.92 bits per heavy atom. The van der Waals surface area contributed by atoms with Crippen LogP contribution in [0.5, 0.6) is 0 Å². The van der Waals surface area contributed by atoms with Crippen molar-refractivity contribution < 1.29 is 33.7 Å². The minimum absolute atomic E-state index is 0.00560. The van der Waals surface area contributed by atoms with Crippen LogP contribution >= 0.6 is 0 Å². The Labute approximate surface area is 151 Å². The van der Waals surface area contributed by atoms with E-state index in [2.05, 4.69) is 0 Å². The highest BCUT2D eigenvalue weighted by Crippen LogP contribution is 2.70. The molecule has 4 rings (SSSR count). The maximum absolute atomic E-state index is 12.8. The quantitative estimate of drug-likeness (QED) is 0.763. The summed E-state index contributed by atoms with van der Waals surface area (Å²) in [6, 6.07) is 0. The summed E-state index contributed by atoms with van der Waals surface area (Å²) >= 11 is 0. The molecule has 7 nitrogen and oxygen atoms in total. The highest BCUT2D eigenvalue weighted by molar-refractivity contribution is 5.95. The molecule has 0 radical (unpaired) electrons. The normalized spacial score (nSPS) is 42.8. The molecule has 0 aromatic heterocycles. The number of ether oxygens (including phenoxy) is 3. The lowest BCUT2D eigenvalue weighted by molar-refractivity contribution is -0.180. The number of rotatable bonds is 3. The summed E-state index contributed by atoms with van der Waals surface area (Å²) in [5.74, 6) is -2.46. The molecule has 0 aromatic carbocycles. The third-order valence-corrected chi connectivity index (χ3v) is 7.58. The first kappa shape index (κ1) is 17.5. The SMILES string of the molecule is COC(=O)C1=C(C2CC3(C(=O)O)OC(=O)C2(C)C3(C)C)CC2CC[C@H]1O2. The average molecular weight is 364 g/mol. The zero-order valence-corrected chi connectivity index (χ0v) is 15.5. The summed E-state index contributed by atoms with van der Waals surface area (Å²) in [4.78, 5) is 37.4. The van der Waals surface area contributed by atoms with E-state index in [1.807, 2.05) is 0 Å². The van der Waals surface area contributed by atoms with Gasteiger partial charge in [-0.25, -0.2) is 9.59 Å². The van der Waals surface area contributed by atoms with E-state index in [-0.39, 0.29) is 24.5 Å². The summed E-state index contributed by atoms with van der Waals surface area (Å²) < 4.78 is 16.3. The van der Waals surface area contributed by atoms with Crippen LogP contribution in [0.1, 0.15) is 46.5 Å². The molecule has 3 heterocycles. The van der Waals surface area contributed by atoms with Gasteiger partial charge in [0.15, 0.2) is 0 Å². The van der Waals surface area contributed by atoms with Crippen LogP contribution in [-0.4, -0.2) is 47.9 Å². The average Bonchev–Trinajstić information content (AvgIpc) is 3.09. The minimum atomic E-state index is -1.57. The third kappa shape index (κ3) is 1.75. The van der Waals surface area contributed by atoms with E-state index in [0.29, 0.717) is 12.0 Å². The lowest BCUT2D eigenvalue weighted by Gasteiger charge is -2.38. The second-order valence-corrected chi connectivity index (χ2v) is 8.56. The summed E-state index contributed by atoms with van der Waals surface area (Å²) in [7, 11) is 1.33. The molecular formula is C19H24O7. The van der Waals surface area contributed by atoms with E-state index in [0.717, 1.165) is 18.4 Å². The van der Waals surface area contributed by atoms with Crippen LogP contribution in [0.25, 0.3) is 0 Å². The highest BCUT2D eigenvalue weighted by Gasteiger charge is 2.80. The molecule has 7 heteroatoms. The number of esters is 2. The highest BCUT2D eigenvalue weighted by atomic mass is 16.6. The van der Waals surface area contributed by atoms with Crippen molar-refractivity contribution in [2.45, 2.75) is 64.3 Å². The van der Waals surface area contributed by atoms with Gasteiger partial charge < -0.3 is 19.3 Å². The van der Waals surface area contributed by atoms with Crippen LogP contribution in [-0.2, 0) is 28.6 Å². The van der Waals surface area contributed by atoms with Gasteiger partial charge in [-0.2, -0.15) is 0 Å². The number of carbonyl (C=O) groups is 3. The fraction of sp³-hybridized carbons (Fsp3) is 0.737. The molecule has 5 atom stereocenters. The van der Waals surface area contributed by atoms with Crippen LogP contribution in [0.2, 0.25) is 0 Å². The monoisotopic (exact) mass is 364 g/mol. The number of hydrogen-bond donors (Lipinski definition) is 1. The molecular weight excluding hydrogens is 340 g/mol. The number of aliphatic carboxylic acids is 1. The van der Waals surface area contributed by atoms with Crippen molar-refractivity contribution in [1.29, 1.82) is 0 Å². The van der Waals surface area contributed by atoms with Crippen LogP contribution in [0, 0.1) is 16.7 Å². The molecule has 3 aliphatic heterocycles. The summed E-state index contributed by atoms with van der Waals surface area (Å²) in [6.45, 7) is 5.33. The van der Waals surface area contributed by atoms with Gasteiger partial charge in [0.05, 0.1) is 30.3 Å². The van der Waals surface area contributed by atoms with Crippen molar-refractivity contribution in [3.63, 3.8) is 0 Å². The third-order valence-electron chi connectivity index (χ3n) is 7.58. The topological polar surface area (TPSA) is 99.1 Å². The van der Waals surface area contributed by atoms with Crippen molar-refractivity contribution in [3.8, 4) is 0 Å². The lowest BCUT2D eigenvalue weighted by atomic mass is 9.62. The van der Waals surface area contributed by atoms with Crippen molar-refractivity contribution in [3.05, 3.63) is 11.1 Å². The minimum Gasteiger partial charge on any atom is -0.478 e. The van der Waals surface area contributed by atoms with Gasteiger partial charge in [0.25, 0.3) is 0 Å². The molecule has 142 valence electrons. The van der Waals surface area contributed by atoms with Gasteiger partial charge in [-0.3, -0.25) is 4.79 Å². The molecule has 1 saturated carbocycles. The van der Waals surface area contributed by atoms with Crippen molar-refractivity contribution in [2.24, 2.45) is 16.7 Å². The maximum Gasteiger partial charge on any atom is 0.348 e. The molecule has 4 aliphatic rings. The maximum atomic E-state index is 12.8. The molecule has 0 aromatic rings. The van der Waals surface area contributed by atoms with Crippen LogP contribution in [0.4, 0.5) is 0 Å². The number of carboxylic acids is 1. The molecule has 4 bridgehead atoms. The summed E-state index contributed by atoms with van der Waals surface area (Å²) in [6.07, 6.45) is 1.95. The van der Waals surface area contributed by atoms with Crippen LogP contribution in [0.15, 0.2) is 11.1 Å². The second kappa shape index (κ2) is 5.09. The van der Waals surface area contributed by atoms with Crippen molar-refractivity contribution >= 4 is 17.9 Å². The predicted octanol–water partition coefficient (Wildman–Crippen LogP) is 1.84. The fourth-order valence-corrected chi connectivity index (χ4v) is 5.64. The summed E-state index contributed by atoms with van der Waals surface area (Å²) in [5.41, 5.74) is -2.19. The predicted molar refractivity (Wildman–Crippen MR) is 88.0 cm³/mol. The Morgan fingerprint density at radius 3 is 2.50 bits per heavy atom. The van der Waals surface area contributed by atoms with Gasteiger partial charge in [-0.15, -0.1) is 0 Å². The number of carboxylic acid groups (broad SMARTS) is 1. The zero-order valence-electron chi connectivity index (χ0n) is 15.5. The molecule has 0 amide bonds. The van der Waals surface area contributed by atoms with E-state index in [1.165, 1.54) is 7.11 Å². The van der Waals surface area contributed by atoms with E-state index in [4.69, 9.17) is 14.2 Å². The van der Waals surface area contributed by atoms with Gasteiger partial charge in [-0.05, 0) is 26.2 Å². The molecule has 2 saturated heterocycles. The second-order valence-electron chi connectivity index (χ2n) is 8.56. The summed E-state index contributed by atoms with van der Waals surface area (Å²) in [5, 5.41) is 9.90. The van der Waals surface area contributed by atoms with E-state index in [1.54, 1.807) is 20.8 Å².